The van der Waals surface area contributed by atoms with Crippen molar-refractivity contribution in [1.82, 2.24) is 4.98 Å². The Morgan fingerprint density at radius 2 is 2.26 bits per heavy atom. The number of carboxylic acids is 1. The van der Waals surface area contributed by atoms with E-state index >= 15 is 0 Å². The minimum absolute atomic E-state index is 0.0230. The Balaban J connectivity index is 2.66. The normalized spacial score (nSPS) is 12.2. The number of aromatic carboxylic acids is 1. The predicted molar refractivity (Wildman–Crippen MR) is 73.0 cm³/mol. The fraction of sp³-hybridized carbons (Fsp3) is 0.571. The van der Waals surface area contributed by atoms with Gasteiger partial charge in [0, 0.05) is 12.7 Å². The molecule has 0 aliphatic carbocycles. The first-order valence-corrected chi connectivity index (χ1v) is 6.71. The minimum atomic E-state index is -1.28. The van der Waals surface area contributed by atoms with Gasteiger partial charge >= 0.3 is 5.97 Å². The van der Waals surface area contributed by atoms with Gasteiger partial charge in [0.25, 0.3) is 0 Å². The number of aromatic nitrogens is 1. The molecule has 1 aromatic rings. The Labute approximate surface area is 113 Å². The molecule has 0 fully saturated rings. The van der Waals surface area contributed by atoms with Crippen LogP contribution in [0.5, 0.6) is 0 Å². The van der Waals surface area contributed by atoms with E-state index in [4.69, 9.17) is 5.11 Å². The number of nitrogens with zero attached hydrogens (tertiary/aromatic N) is 1. The summed E-state index contributed by atoms with van der Waals surface area (Å²) in [5.41, 5.74) is -0.348. The van der Waals surface area contributed by atoms with Gasteiger partial charge in [-0.15, -0.1) is 0 Å². The number of carboxylic acid groups (broad SMARTS) is 1. The van der Waals surface area contributed by atoms with Crippen molar-refractivity contribution in [2.75, 3.05) is 11.9 Å². The first kappa shape index (κ1) is 15.4. The number of anilines is 1. The van der Waals surface area contributed by atoms with Gasteiger partial charge in [-0.05, 0) is 18.4 Å². The number of unbranched alkanes of at least 4 members (excludes halogenated alkanes) is 1. The van der Waals surface area contributed by atoms with Crippen molar-refractivity contribution in [2.24, 2.45) is 5.92 Å². The molecule has 0 saturated heterocycles. The van der Waals surface area contributed by atoms with Crippen molar-refractivity contribution in [3.63, 3.8) is 0 Å². The topological polar surface area (TPSA) is 62.2 Å². The van der Waals surface area contributed by atoms with E-state index in [0.29, 0.717) is 12.5 Å². The molecule has 0 amide bonds. The number of pyridine rings is 1. The molecule has 0 aliphatic rings. The lowest BCUT2D eigenvalue weighted by molar-refractivity contribution is 0.0692. The van der Waals surface area contributed by atoms with Gasteiger partial charge in [0.2, 0.25) is 0 Å². The molecule has 5 heteroatoms. The van der Waals surface area contributed by atoms with E-state index in [-0.39, 0.29) is 11.4 Å². The van der Waals surface area contributed by atoms with Crippen LogP contribution in [0.2, 0.25) is 0 Å². The third kappa shape index (κ3) is 4.50. The maximum absolute atomic E-state index is 13.8. The molecule has 1 unspecified atom stereocenters. The predicted octanol–water partition coefficient (Wildman–Crippen LogP) is 3.55. The number of carbonyl (C=O) groups is 1. The summed E-state index contributed by atoms with van der Waals surface area (Å²) in [4.78, 5) is 14.7. The maximum atomic E-state index is 13.8. The molecule has 0 aromatic carbocycles. The van der Waals surface area contributed by atoms with Gasteiger partial charge < -0.3 is 10.4 Å². The highest BCUT2D eigenvalue weighted by molar-refractivity contribution is 5.88. The second-order valence-electron chi connectivity index (χ2n) is 4.62. The van der Waals surface area contributed by atoms with Crippen molar-refractivity contribution >= 4 is 11.8 Å². The number of rotatable bonds is 8. The number of hydrogen-bond acceptors (Lipinski definition) is 3. The summed E-state index contributed by atoms with van der Waals surface area (Å²) in [7, 11) is 0. The van der Waals surface area contributed by atoms with E-state index < -0.39 is 11.8 Å². The fourth-order valence-electron chi connectivity index (χ4n) is 1.92. The Bertz CT molecular complexity index is 424. The van der Waals surface area contributed by atoms with Crippen molar-refractivity contribution in [3.05, 3.63) is 23.6 Å². The van der Waals surface area contributed by atoms with Gasteiger partial charge in [0.1, 0.15) is 5.56 Å². The molecule has 0 saturated carbocycles. The second-order valence-corrected chi connectivity index (χ2v) is 4.62. The summed E-state index contributed by atoms with van der Waals surface area (Å²) in [5.74, 6) is -1.59. The summed E-state index contributed by atoms with van der Waals surface area (Å²) < 4.78 is 13.8. The van der Waals surface area contributed by atoms with Crippen LogP contribution in [0, 0.1) is 11.7 Å². The second kappa shape index (κ2) is 7.71. The van der Waals surface area contributed by atoms with E-state index in [1.807, 2.05) is 0 Å². The zero-order chi connectivity index (χ0) is 14.3. The van der Waals surface area contributed by atoms with Gasteiger partial charge in [-0.2, -0.15) is 0 Å². The molecule has 1 heterocycles. The summed E-state index contributed by atoms with van der Waals surface area (Å²) in [6.45, 7) is 4.85. The Morgan fingerprint density at radius 3 is 2.84 bits per heavy atom. The lowest BCUT2D eigenvalue weighted by Gasteiger charge is -2.16. The first-order chi connectivity index (χ1) is 9.10. The molecule has 1 aromatic heterocycles. The number of hydrogen-bond donors (Lipinski definition) is 2. The van der Waals surface area contributed by atoms with Gasteiger partial charge in [0.15, 0.2) is 11.6 Å². The van der Waals surface area contributed by atoms with E-state index in [0.717, 1.165) is 31.7 Å². The van der Waals surface area contributed by atoms with E-state index in [1.54, 1.807) is 0 Å². The Hall–Kier alpha value is -1.65. The van der Waals surface area contributed by atoms with Crippen LogP contribution in [0.3, 0.4) is 0 Å². The summed E-state index contributed by atoms with van der Waals surface area (Å²) in [6.07, 6.45) is 5.68. The highest BCUT2D eigenvalue weighted by atomic mass is 19.1. The lowest BCUT2D eigenvalue weighted by Crippen LogP contribution is -2.16. The van der Waals surface area contributed by atoms with Gasteiger partial charge in [0.05, 0.1) is 0 Å². The average molecular weight is 268 g/mol. The van der Waals surface area contributed by atoms with Gasteiger partial charge in [-0.25, -0.2) is 14.2 Å². The van der Waals surface area contributed by atoms with Crippen molar-refractivity contribution in [2.45, 2.75) is 39.5 Å². The number of halogens is 1. The zero-order valence-corrected chi connectivity index (χ0v) is 11.4. The minimum Gasteiger partial charge on any atom is -0.478 e. The molecule has 0 radical (unpaired) electrons. The monoisotopic (exact) mass is 268 g/mol. The van der Waals surface area contributed by atoms with Gasteiger partial charge in [-0.3, -0.25) is 0 Å². The largest absolute Gasteiger partial charge is 0.478 e. The first-order valence-electron chi connectivity index (χ1n) is 6.71. The van der Waals surface area contributed by atoms with Gasteiger partial charge in [-0.1, -0.05) is 33.1 Å². The highest BCUT2D eigenvalue weighted by Gasteiger charge is 2.15. The average Bonchev–Trinajstić information content (AvgIpc) is 2.40. The highest BCUT2D eigenvalue weighted by Crippen LogP contribution is 2.18. The maximum Gasteiger partial charge on any atom is 0.338 e. The molecule has 19 heavy (non-hydrogen) atoms. The quantitative estimate of drug-likeness (QED) is 0.757. The van der Waals surface area contributed by atoms with Crippen LogP contribution < -0.4 is 5.32 Å². The van der Waals surface area contributed by atoms with Crippen LogP contribution >= 0.6 is 0 Å². The third-order valence-electron chi connectivity index (χ3n) is 3.22. The van der Waals surface area contributed by atoms with E-state index in [9.17, 15) is 9.18 Å². The molecule has 106 valence electrons. The van der Waals surface area contributed by atoms with Crippen molar-refractivity contribution in [1.29, 1.82) is 0 Å². The SMILES string of the molecule is CCCCC(CC)CNc1nccc(C(=O)O)c1F. The molecule has 4 nitrogen and oxygen atoms in total. The van der Waals surface area contributed by atoms with E-state index in [2.05, 4.69) is 24.1 Å². The molecule has 1 atom stereocenters. The molecular formula is C14H21FN2O2. The summed E-state index contributed by atoms with van der Waals surface area (Å²) in [5, 5.41) is 11.8. The van der Waals surface area contributed by atoms with Crippen LogP contribution in [0.4, 0.5) is 10.2 Å². The van der Waals surface area contributed by atoms with Crippen LogP contribution in [0.1, 0.15) is 49.9 Å². The summed E-state index contributed by atoms with van der Waals surface area (Å²) >= 11 is 0. The summed E-state index contributed by atoms with van der Waals surface area (Å²) in [6, 6.07) is 1.16. The molecule has 2 N–H and O–H groups in total. The van der Waals surface area contributed by atoms with Crippen molar-refractivity contribution < 1.29 is 14.3 Å². The molecule has 1 rings (SSSR count). The number of nitrogens with one attached hydrogen (secondary N) is 1. The third-order valence-corrected chi connectivity index (χ3v) is 3.22. The van der Waals surface area contributed by atoms with Crippen LogP contribution in [0.15, 0.2) is 12.3 Å². The smallest absolute Gasteiger partial charge is 0.338 e. The zero-order valence-electron chi connectivity index (χ0n) is 11.4. The molecule has 0 spiro atoms. The fourth-order valence-corrected chi connectivity index (χ4v) is 1.92. The lowest BCUT2D eigenvalue weighted by atomic mass is 9.99. The van der Waals surface area contributed by atoms with E-state index in [1.165, 1.54) is 6.20 Å². The molecular weight excluding hydrogens is 247 g/mol. The van der Waals surface area contributed by atoms with Crippen molar-refractivity contribution in [3.8, 4) is 0 Å². The molecule has 0 aliphatic heterocycles. The Morgan fingerprint density at radius 1 is 1.53 bits per heavy atom. The van der Waals surface area contributed by atoms with Crippen LogP contribution in [-0.2, 0) is 0 Å². The molecule has 0 bridgehead atoms. The standard InChI is InChI=1S/C14H21FN2O2/c1-3-5-6-10(4-2)9-17-13-12(15)11(14(18)19)7-8-16-13/h7-8,10H,3-6,9H2,1-2H3,(H,16,17)(H,18,19). The van der Waals surface area contributed by atoms with Crippen LogP contribution in [0.25, 0.3) is 0 Å². The Kier molecular flexibility index (Phi) is 6.25. The van der Waals surface area contributed by atoms with Crippen LogP contribution in [-0.4, -0.2) is 22.6 Å².